The van der Waals surface area contributed by atoms with E-state index in [0.717, 1.165) is 16.8 Å². The summed E-state index contributed by atoms with van der Waals surface area (Å²) in [5.74, 6) is 0.665. The molecule has 1 saturated heterocycles. The van der Waals surface area contributed by atoms with Gasteiger partial charge in [0.1, 0.15) is 35.0 Å². The van der Waals surface area contributed by atoms with Gasteiger partial charge >= 0.3 is 13.5 Å². The van der Waals surface area contributed by atoms with E-state index in [1.54, 1.807) is 6.92 Å². The highest BCUT2D eigenvalue weighted by Crippen LogP contribution is 2.50. The zero-order valence-corrected chi connectivity index (χ0v) is 30.4. The van der Waals surface area contributed by atoms with Gasteiger partial charge < -0.3 is 28.4 Å². The predicted octanol–water partition coefficient (Wildman–Crippen LogP) is 9.14. The monoisotopic (exact) mass is 715 g/mol. The highest BCUT2D eigenvalue weighted by Gasteiger charge is 2.34. The molecular weight excluding hydrogens is 671 g/mol. The fourth-order valence-electron chi connectivity index (χ4n) is 4.98. The maximum absolute atomic E-state index is 13.7. The molecule has 1 N–H and O–H groups in total. The average molecular weight is 716 g/mol. The SMILES string of the molecule is C#[N+]c1c(C)cccc1C.C1CCCNCC1.COc1ccc(OP(=O)(Oc2ccc(C=O)c(C)c2)Oc2ccc(C=O)c(OC)c2)cc1C=O. The number of aryl methyl sites for hydroxylation is 3. The summed E-state index contributed by atoms with van der Waals surface area (Å²) in [5.41, 5.74) is 4.60. The van der Waals surface area contributed by atoms with Gasteiger partial charge in [0.15, 0.2) is 12.6 Å². The normalized spacial score (nSPS) is 13.1. The van der Waals surface area contributed by atoms with Crippen molar-refractivity contribution in [1.82, 2.24) is 5.32 Å². The van der Waals surface area contributed by atoms with E-state index in [4.69, 9.17) is 29.6 Å². The Kier molecular flexibility index (Phi) is 15.9. The Balaban J connectivity index is 0.000000334. The highest BCUT2D eigenvalue weighted by atomic mass is 31.2. The molecule has 0 aromatic heterocycles. The maximum Gasteiger partial charge on any atom is 0.647 e. The van der Waals surface area contributed by atoms with Crippen LogP contribution in [-0.2, 0) is 4.57 Å². The second-order valence-corrected chi connectivity index (χ2v) is 12.9. The number of nitrogens with zero attached hydrogens (tertiary/aromatic N) is 1. The largest absolute Gasteiger partial charge is 0.647 e. The molecule has 1 aliphatic rings. The van der Waals surface area contributed by atoms with E-state index >= 15 is 0 Å². The van der Waals surface area contributed by atoms with Crippen molar-refractivity contribution in [2.45, 2.75) is 46.5 Å². The van der Waals surface area contributed by atoms with Crippen LogP contribution in [0.5, 0.6) is 28.7 Å². The van der Waals surface area contributed by atoms with Crippen LogP contribution in [0.4, 0.5) is 5.69 Å². The summed E-state index contributed by atoms with van der Waals surface area (Å²) in [6.07, 6.45) is 7.50. The fourth-order valence-corrected chi connectivity index (χ4v) is 6.20. The Hall–Kier alpha value is -5.43. The minimum atomic E-state index is -4.43. The summed E-state index contributed by atoms with van der Waals surface area (Å²) in [6, 6.07) is 18.8. The molecule has 0 amide bonds. The molecule has 0 aliphatic carbocycles. The van der Waals surface area contributed by atoms with E-state index in [2.05, 4.69) is 10.2 Å². The van der Waals surface area contributed by atoms with Crippen molar-refractivity contribution >= 4 is 32.4 Å². The van der Waals surface area contributed by atoms with E-state index in [0.29, 0.717) is 35.7 Å². The summed E-state index contributed by atoms with van der Waals surface area (Å²) >= 11 is 0. The number of rotatable bonds is 11. The molecule has 51 heavy (non-hydrogen) atoms. The van der Waals surface area contributed by atoms with Crippen LogP contribution in [-0.4, -0.2) is 46.2 Å². The first-order chi connectivity index (χ1) is 24.6. The molecule has 0 saturated carbocycles. The van der Waals surface area contributed by atoms with E-state index in [9.17, 15) is 18.9 Å². The van der Waals surface area contributed by atoms with Crippen molar-refractivity contribution < 1.29 is 42.0 Å². The molecule has 1 atom stereocenters. The van der Waals surface area contributed by atoms with Gasteiger partial charge in [0.05, 0.1) is 25.3 Å². The predicted molar refractivity (Wildman–Crippen MR) is 198 cm³/mol. The Morgan fingerprint density at radius 2 is 1.14 bits per heavy atom. The van der Waals surface area contributed by atoms with Crippen LogP contribution in [0.2, 0.25) is 0 Å². The molecule has 1 fully saturated rings. The Labute approximate surface area is 299 Å². The molecule has 11 nitrogen and oxygen atoms in total. The lowest BCUT2D eigenvalue weighted by Crippen LogP contribution is -2.12. The lowest BCUT2D eigenvalue weighted by Gasteiger charge is -2.20. The van der Waals surface area contributed by atoms with Crippen LogP contribution in [0.1, 0.15) is 73.4 Å². The zero-order valence-electron chi connectivity index (χ0n) is 29.5. The Bertz CT molecular complexity index is 1850. The third kappa shape index (κ3) is 12.1. The van der Waals surface area contributed by atoms with Crippen molar-refractivity contribution in [1.29, 1.82) is 0 Å². The number of para-hydroxylation sites is 1. The van der Waals surface area contributed by atoms with Gasteiger partial charge in [-0.05, 0) is 106 Å². The number of phosphoric ester groups is 1. The topological polar surface area (TPSA) is 131 Å². The molecule has 0 radical (unpaired) electrons. The lowest BCUT2D eigenvalue weighted by molar-refractivity contribution is 0.111. The Morgan fingerprint density at radius 3 is 1.63 bits per heavy atom. The number of methoxy groups -OCH3 is 2. The number of hydrogen-bond acceptors (Lipinski definition) is 10. The van der Waals surface area contributed by atoms with E-state index in [1.807, 2.05) is 32.0 Å². The Morgan fingerprint density at radius 1 is 0.627 bits per heavy atom. The second-order valence-electron chi connectivity index (χ2n) is 11.4. The zero-order chi connectivity index (χ0) is 37.2. The number of nitrogens with one attached hydrogen (secondary N) is 1. The van der Waals surface area contributed by atoms with Crippen molar-refractivity contribution in [3.63, 3.8) is 0 Å². The number of hydrogen-bond donors (Lipinski definition) is 1. The summed E-state index contributed by atoms with van der Waals surface area (Å²) < 4.78 is 40.8. The van der Waals surface area contributed by atoms with Gasteiger partial charge in [-0.3, -0.25) is 14.4 Å². The fraction of sp³-hybridized carbons (Fsp3) is 0.282. The number of ether oxygens (including phenoxy) is 2. The van der Waals surface area contributed by atoms with Crippen molar-refractivity contribution in [2.24, 2.45) is 0 Å². The summed E-state index contributed by atoms with van der Waals surface area (Å²) in [7, 11) is -1.65. The summed E-state index contributed by atoms with van der Waals surface area (Å²) in [4.78, 5) is 37.3. The lowest BCUT2D eigenvalue weighted by atomic mass is 10.1. The van der Waals surface area contributed by atoms with Crippen LogP contribution >= 0.6 is 7.82 Å². The van der Waals surface area contributed by atoms with Gasteiger partial charge in [0, 0.05) is 22.8 Å². The number of phosphoric acid groups is 1. The second kappa shape index (κ2) is 20.3. The van der Waals surface area contributed by atoms with Crippen LogP contribution < -0.4 is 28.4 Å². The first kappa shape index (κ1) is 40.0. The third-order valence-electron chi connectivity index (χ3n) is 7.71. The number of carbonyl (C=O) groups excluding carboxylic acids is 3. The molecule has 1 aliphatic heterocycles. The van der Waals surface area contributed by atoms with Gasteiger partial charge in [0.25, 0.3) is 6.57 Å². The molecule has 4 aromatic carbocycles. The molecule has 0 spiro atoms. The van der Waals surface area contributed by atoms with Gasteiger partial charge in [-0.2, -0.15) is 4.57 Å². The summed E-state index contributed by atoms with van der Waals surface area (Å²) in [6.45, 7) is 13.4. The van der Waals surface area contributed by atoms with Gasteiger partial charge in [-0.1, -0.05) is 31.0 Å². The summed E-state index contributed by atoms with van der Waals surface area (Å²) in [5, 5.41) is 3.35. The van der Waals surface area contributed by atoms with Crippen LogP contribution in [0, 0.1) is 27.3 Å². The first-order valence-corrected chi connectivity index (χ1v) is 17.7. The molecule has 4 aromatic rings. The number of carbonyl (C=O) groups is 3. The maximum atomic E-state index is 13.7. The van der Waals surface area contributed by atoms with Crippen molar-refractivity contribution in [3.05, 3.63) is 111 Å². The van der Waals surface area contributed by atoms with Gasteiger partial charge in [0.2, 0.25) is 0 Å². The molecular formula is C39H44N2O9P+. The molecule has 0 bridgehead atoms. The van der Waals surface area contributed by atoms with Crippen LogP contribution in [0.25, 0.3) is 4.85 Å². The quantitative estimate of drug-likeness (QED) is 0.118. The van der Waals surface area contributed by atoms with E-state index in [1.165, 1.54) is 108 Å². The third-order valence-corrected chi connectivity index (χ3v) is 9.01. The average Bonchev–Trinajstić information content (AvgIpc) is 3.46. The van der Waals surface area contributed by atoms with Crippen LogP contribution in [0.15, 0.2) is 72.8 Å². The molecule has 1 heterocycles. The van der Waals surface area contributed by atoms with Crippen molar-refractivity contribution in [3.8, 4) is 35.3 Å². The minimum Gasteiger partial charge on any atom is -0.496 e. The smallest absolute Gasteiger partial charge is 0.496 e. The van der Waals surface area contributed by atoms with E-state index < -0.39 is 7.82 Å². The standard InChI is InChI=1S/C24H21O9P.C9H10N.C6H13N/c1-16-10-20(6-4-17(16)13-25)31-34(28,32-21-8-9-23(29-2)19(11-21)15-27)33-22-7-5-18(14-26)24(12-22)30-3;1-7-5-4-6-8(2)9(7)10-3;1-2-4-6-7-5-3-1/h4-15H,1-3H3;3-6H,1-2H3;7H,1-6H2/q;+1;. The highest BCUT2D eigenvalue weighted by molar-refractivity contribution is 7.49. The van der Waals surface area contributed by atoms with Gasteiger partial charge in [-0.15, -0.1) is 0 Å². The molecule has 268 valence electrons. The number of benzene rings is 4. The van der Waals surface area contributed by atoms with Crippen LogP contribution in [0.3, 0.4) is 0 Å². The number of aldehydes is 3. The minimum absolute atomic E-state index is 0.0175. The van der Waals surface area contributed by atoms with Gasteiger partial charge in [-0.25, -0.2) is 0 Å². The molecule has 5 rings (SSSR count). The van der Waals surface area contributed by atoms with Crippen molar-refractivity contribution in [2.75, 3.05) is 27.3 Å². The molecule has 1 unspecified atom stereocenters. The molecule has 12 heteroatoms. The van der Waals surface area contributed by atoms with E-state index in [-0.39, 0.29) is 34.1 Å². The first-order valence-electron chi connectivity index (χ1n) is 16.3.